The first kappa shape index (κ1) is 14.6. The van der Waals surface area contributed by atoms with Crippen LogP contribution in [0.25, 0.3) is 0 Å². The van der Waals surface area contributed by atoms with E-state index in [0.29, 0.717) is 13.0 Å². The molecule has 0 aliphatic heterocycles. The van der Waals surface area contributed by atoms with Crippen molar-refractivity contribution in [1.29, 1.82) is 0 Å². The number of aryl methyl sites for hydroxylation is 1. The predicted molar refractivity (Wildman–Crippen MR) is 67.6 cm³/mol. The molecule has 0 aliphatic rings. The number of aliphatic hydroxyl groups excluding tert-OH is 1. The molecule has 0 amide bonds. The minimum Gasteiger partial charge on any atom is -0.396 e. The van der Waals surface area contributed by atoms with Crippen LogP contribution in [0.2, 0.25) is 0 Å². The molecule has 7 heteroatoms. The van der Waals surface area contributed by atoms with Gasteiger partial charge in [0, 0.05) is 19.2 Å². The van der Waals surface area contributed by atoms with E-state index >= 15 is 0 Å². The zero-order chi connectivity index (χ0) is 13.1. The highest BCUT2D eigenvalue weighted by molar-refractivity contribution is 7.91. The Morgan fingerprint density at radius 2 is 2.18 bits per heavy atom. The summed E-state index contributed by atoms with van der Waals surface area (Å²) in [6, 6.07) is -0.131. The minimum absolute atomic E-state index is 0.0134. The van der Waals surface area contributed by atoms with Crippen molar-refractivity contribution >= 4 is 21.4 Å². The lowest BCUT2D eigenvalue weighted by atomic mass is 10.3. The van der Waals surface area contributed by atoms with Crippen LogP contribution < -0.4 is 0 Å². The van der Waals surface area contributed by atoms with Crippen molar-refractivity contribution in [2.75, 3.05) is 13.2 Å². The average Bonchev–Trinajstić information content (AvgIpc) is 2.65. The van der Waals surface area contributed by atoms with Crippen LogP contribution in [0.15, 0.2) is 10.4 Å². The maximum absolute atomic E-state index is 12.3. The number of nitrogens with zero attached hydrogens (tertiary/aromatic N) is 2. The Morgan fingerprint density at radius 3 is 2.59 bits per heavy atom. The molecule has 0 spiro atoms. The summed E-state index contributed by atoms with van der Waals surface area (Å²) in [5, 5.41) is 9.54. The van der Waals surface area contributed by atoms with Crippen molar-refractivity contribution in [3.05, 3.63) is 11.2 Å². The molecule has 98 valence electrons. The van der Waals surface area contributed by atoms with E-state index in [0.717, 1.165) is 5.01 Å². The van der Waals surface area contributed by atoms with E-state index in [4.69, 9.17) is 5.11 Å². The van der Waals surface area contributed by atoms with Gasteiger partial charge in [0.05, 0.1) is 11.2 Å². The molecule has 1 aromatic rings. The van der Waals surface area contributed by atoms with Gasteiger partial charge in [0.25, 0.3) is 10.0 Å². The Hall–Kier alpha value is -0.500. The highest BCUT2D eigenvalue weighted by atomic mass is 32.2. The quantitative estimate of drug-likeness (QED) is 0.849. The smallest absolute Gasteiger partial charge is 0.254 e. The molecular formula is C10H18N2O3S2. The van der Waals surface area contributed by atoms with Crippen molar-refractivity contribution in [3.8, 4) is 0 Å². The van der Waals surface area contributed by atoms with Crippen molar-refractivity contribution < 1.29 is 13.5 Å². The van der Waals surface area contributed by atoms with Gasteiger partial charge in [0.15, 0.2) is 4.21 Å². The van der Waals surface area contributed by atoms with E-state index in [1.807, 2.05) is 13.8 Å². The fourth-order valence-corrected chi connectivity index (χ4v) is 4.37. The second-order valence-corrected chi connectivity index (χ2v) is 7.34. The summed E-state index contributed by atoms with van der Waals surface area (Å²) < 4.78 is 26.3. The van der Waals surface area contributed by atoms with Gasteiger partial charge in [-0.15, -0.1) is 11.3 Å². The summed E-state index contributed by atoms with van der Waals surface area (Å²) >= 11 is 1.17. The van der Waals surface area contributed by atoms with E-state index < -0.39 is 10.0 Å². The summed E-state index contributed by atoms with van der Waals surface area (Å²) in [7, 11) is -3.47. The van der Waals surface area contributed by atoms with E-state index in [-0.39, 0.29) is 16.9 Å². The van der Waals surface area contributed by atoms with Gasteiger partial charge >= 0.3 is 0 Å². The molecule has 0 saturated carbocycles. The molecule has 17 heavy (non-hydrogen) atoms. The van der Waals surface area contributed by atoms with Crippen LogP contribution in [-0.2, 0) is 10.0 Å². The molecule has 0 aliphatic carbocycles. The molecule has 1 rings (SSSR count). The first-order valence-electron chi connectivity index (χ1n) is 5.44. The number of aliphatic hydroxyl groups is 1. The van der Waals surface area contributed by atoms with Gasteiger partial charge < -0.3 is 5.11 Å². The lowest BCUT2D eigenvalue weighted by Crippen LogP contribution is -2.37. The molecule has 5 nitrogen and oxygen atoms in total. The normalized spacial score (nSPS) is 12.6. The summed E-state index contributed by atoms with van der Waals surface area (Å²) in [5.41, 5.74) is 0. The zero-order valence-electron chi connectivity index (χ0n) is 10.3. The van der Waals surface area contributed by atoms with Crippen LogP contribution in [-0.4, -0.2) is 42.0 Å². The van der Waals surface area contributed by atoms with Crippen LogP contribution in [0.3, 0.4) is 0 Å². The van der Waals surface area contributed by atoms with Gasteiger partial charge in [-0.2, -0.15) is 4.31 Å². The number of rotatable bonds is 6. The summed E-state index contributed by atoms with van der Waals surface area (Å²) in [6.45, 7) is 5.73. The molecule has 0 unspecified atom stereocenters. The van der Waals surface area contributed by atoms with Gasteiger partial charge in [0.2, 0.25) is 0 Å². The van der Waals surface area contributed by atoms with Crippen molar-refractivity contribution in [2.45, 2.75) is 37.4 Å². The molecule has 0 fully saturated rings. The van der Waals surface area contributed by atoms with Crippen LogP contribution in [0.1, 0.15) is 25.3 Å². The largest absolute Gasteiger partial charge is 0.396 e. The van der Waals surface area contributed by atoms with Crippen LogP contribution in [0.5, 0.6) is 0 Å². The number of aromatic nitrogens is 1. The third-order valence-corrected chi connectivity index (χ3v) is 5.70. The van der Waals surface area contributed by atoms with Gasteiger partial charge in [-0.3, -0.25) is 0 Å². The second-order valence-electron chi connectivity index (χ2n) is 3.98. The Morgan fingerprint density at radius 1 is 1.53 bits per heavy atom. The topological polar surface area (TPSA) is 70.5 Å². The molecule has 0 saturated heterocycles. The summed E-state index contributed by atoms with van der Waals surface area (Å²) in [6.07, 6.45) is 1.83. The van der Waals surface area contributed by atoms with Gasteiger partial charge in [-0.25, -0.2) is 13.4 Å². The summed E-state index contributed by atoms with van der Waals surface area (Å²) in [4.78, 5) is 3.97. The van der Waals surface area contributed by atoms with E-state index in [1.54, 1.807) is 6.92 Å². The maximum atomic E-state index is 12.3. The standard InChI is InChI=1S/C10H18N2O3S2/c1-8(2)12(5-4-6-13)17(14,15)10-7-11-9(3)16-10/h7-8,13H,4-6H2,1-3H3. The molecule has 0 aromatic carbocycles. The minimum atomic E-state index is -3.47. The van der Waals surface area contributed by atoms with Crippen LogP contribution in [0, 0.1) is 6.92 Å². The zero-order valence-corrected chi connectivity index (χ0v) is 11.9. The highest BCUT2D eigenvalue weighted by Crippen LogP contribution is 2.23. The fourth-order valence-electron chi connectivity index (χ4n) is 1.46. The number of hydrogen-bond donors (Lipinski definition) is 1. The van der Waals surface area contributed by atoms with Crippen molar-refractivity contribution in [3.63, 3.8) is 0 Å². The average molecular weight is 278 g/mol. The molecule has 1 heterocycles. The number of hydrogen-bond acceptors (Lipinski definition) is 5. The molecule has 0 bridgehead atoms. The van der Waals surface area contributed by atoms with Gasteiger partial charge in [-0.1, -0.05) is 0 Å². The van der Waals surface area contributed by atoms with Crippen molar-refractivity contribution in [1.82, 2.24) is 9.29 Å². The maximum Gasteiger partial charge on any atom is 0.254 e. The fraction of sp³-hybridized carbons (Fsp3) is 0.700. The Bertz CT molecular complexity index is 454. The van der Waals surface area contributed by atoms with Gasteiger partial charge in [0.1, 0.15) is 0 Å². The lowest BCUT2D eigenvalue weighted by Gasteiger charge is -2.24. The van der Waals surface area contributed by atoms with Gasteiger partial charge in [-0.05, 0) is 27.2 Å². The first-order chi connectivity index (χ1) is 7.89. The SMILES string of the molecule is Cc1ncc(S(=O)(=O)N(CCCO)C(C)C)s1. The monoisotopic (exact) mass is 278 g/mol. The van der Waals surface area contributed by atoms with Crippen LogP contribution >= 0.6 is 11.3 Å². The van der Waals surface area contributed by atoms with Crippen molar-refractivity contribution in [2.24, 2.45) is 0 Å². The highest BCUT2D eigenvalue weighted by Gasteiger charge is 2.28. The molecule has 0 radical (unpaired) electrons. The molecule has 0 atom stereocenters. The Kier molecular flexibility index (Phi) is 5.05. The van der Waals surface area contributed by atoms with E-state index in [2.05, 4.69) is 4.98 Å². The Balaban J connectivity index is 3.00. The third kappa shape index (κ3) is 3.48. The molecule has 1 aromatic heterocycles. The lowest BCUT2D eigenvalue weighted by molar-refractivity contribution is 0.258. The van der Waals surface area contributed by atoms with E-state index in [9.17, 15) is 8.42 Å². The van der Waals surface area contributed by atoms with E-state index in [1.165, 1.54) is 21.8 Å². The van der Waals surface area contributed by atoms with Crippen LogP contribution in [0.4, 0.5) is 0 Å². The predicted octanol–water partition coefficient (Wildman–Crippen LogP) is 1.23. The molecule has 1 N–H and O–H groups in total. The second kappa shape index (κ2) is 5.90. The third-order valence-electron chi connectivity index (χ3n) is 2.28. The number of thiazole rings is 1. The first-order valence-corrected chi connectivity index (χ1v) is 7.70. The summed E-state index contributed by atoms with van der Waals surface area (Å²) in [5.74, 6) is 0. The molecular weight excluding hydrogens is 260 g/mol. The Labute approximate surface area is 106 Å². The number of sulfonamides is 1.